The fourth-order valence-electron chi connectivity index (χ4n) is 3.23. The third kappa shape index (κ3) is 2.94. The highest BCUT2D eigenvalue weighted by molar-refractivity contribution is 7.80. The van der Waals surface area contributed by atoms with Crippen molar-refractivity contribution in [2.24, 2.45) is 7.05 Å². The lowest BCUT2D eigenvalue weighted by molar-refractivity contribution is -0.122. The van der Waals surface area contributed by atoms with Crippen molar-refractivity contribution in [3.63, 3.8) is 0 Å². The normalized spacial score (nSPS) is 16.3. The second-order valence-electron chi connectivity index (χ2n) is 6.51. The highest BCUT2D eigenvalue weighted by atomic mass is 32.1. The molecule has 3 aromatic rings. The van der Waals surface area contributed by atoms with E-state index in [1.54, 1.807) is 6.08 Å². The average Bonchev–Trinajstić information content (AvgIpc) is 2.96. The molecule has 1 aromatic heterocycles. The molecule has 2 aromatic carbocycles. The lowest BCUT2D eigenvalue weighted by Crippen LogP contribution is -2.54. The van der Waals surface area contributed by atoms with Crippen LogP contribution in [0.25, 0.3) is 17.0 Å². The second kappa shape index (κ2) is 6.48. The fourth-order valence-corrected chi connectivity index (χ4v) is 3.51. The standard InChI is InChI=1S/C21H17N3O2S/c1-13-7-9-15(10-8-13)24-20(26)17(19(25)22-21(24)27)11-14-12-23(2)18-6-4-3-5-16(14)18/h3-12H,1-2H3,(H,22,25,27). The van der Waals surface area contributed by atoms with Gasteiger partial charge in [0.05, 0.1) is 5.69 Å². The SMILES string of the molecule is Cc1ccc(N2C(=O)C(=Cc3cn(C)c4ccccc34)C(=O)NC2=S)cc1. The summed E-state index contributed by atoms with van der Waals surface area (Å²) in [6.45, 7) is 1.97. The van der Waals surface area contributed by atoms with Crippen LogP contribution >= 0.6 is 12.2 Å². The molecule has 1 fully saturated rings. The van der Waals surface area contributed by atoms with Gasteiger partial charge in [0, 0.05) is 29.7 Å². The summed E-state index contributed by atoms with van der Waals surface area (Å²) in [7, 11) is 1.93. The van der Waals surface area contributed by atoms with Crippen molar-refractivity contribution in [1.82, 2.24) is 9.88 Å². The van der Waals surface area contributed by atoms with Gasteiger partial charge in [-0.1, -0.05) is 35.9 Å². The van der Waals surface area contributed by atoms with Crippen molar-refractivity contribution in [2.75, 3.05) is 4.90 Å². The van der Waals surface area contributed by atoms with E-state index in [-0.39, 0.29) is 10.7 Å². The summed E-state index contributed by atoms with van der Waals surface area (Å²) in [4.78, 5) is 26.9. The summed E-state index contributed by atoms with van der Waals surface area (Å²) >= 11 is 5.24. The third-order valence-corrected chi connectivity index (χ3v) is 4.91. The first-order chi connectivity index (χ1) is 13.0. The van der Waals surface area contributed by atoms with Crippen LogP contribution < -0.4 is 10.2 Å². The number of aryl methyl sites for hydroxylation is 2. The predicted molar refractivity (Wildman–Crippen MR) is 110 cm³/mol. The number of para-hydroxylation sites is 1. The van der Waals surface area contributed by atoms with E-state index in [9.17, 15) is 9.59 Å². The molecule has 1 N–H and O–H groups in total. The maximum absolute atomic E-state index is 13.1. The maximum Gasteiger partial charge on any atom is 0.270 e. The van der Waals surface area contributed by atoms with Gasteiger partial charge in [0.2, 0.25) is 0 Å². The Morgan fingerprint density at radius 3 is 2.48 bits per heavy atom. The van der Waals surface area contributed by atoms with Crippen LogP contribution in [0.4, 0.5) is 5.69 Å². The van der Waals surface area contributed by atoms with Gasteiger partial charge in [-0.15, -0.1) is 0 Å². The van der Waals surface area contributed by atoms with Gasteiger partial charge in [-0.25, -0.2) is 0 Å². The summed E-state index contributed by atoms with van der Waals surface area (Å²) in [6.07, 6.45) is 3.53. The number of thiocarbonyl (C=S) groups is 1. The Bertz CT molecular complexity index is 1130. The van der Waals surface area contributed by atoms with Crippen molar-refractivity contribution in [3.8, 4) is 0 Å². The highest BCUT2D eigenvalue weighted by Gasteiger charge is 2.34. The number of benzene rings is 2. The highest BCUT2D eigenvalue weighted by Crippen LogP contribution is 2.26. The van der Waals surface area contributed by atoms with Crippen LogP contribution in [0, 0.1) is 6.92 Å². The van der Waals surface area contributed by atoms with Gasteiger partial charge in [-0.2, -0.15) is 0 Å². The van der Waals surface area contributed by atoms with Crippen LogP contribution in [0.1, 0.15) is 11.1 Å². The third-order valence-electron chi connectivity index (χ3n) is 4.62. The minimum absolute atomic E-state index is 0.0560. The molecule has 1 aliphatic rings. The van der Waals surface area contributed by atoms with Crippen molar-refractivity contribution in [3.05, 3.63) is 71.4 Å². The van der Waals surface area contributed by atoms with E-state index in [4.69, 9.17) is 12.2 Å². The topological polar surface area (TPSA) is 54.3 Å². The summed E-state index contributed by atoms with van der Waals surface area (Å²) in [5.74, 6) is -0.915. The van der Waals surface area contributed by atoms with Crippen LogP contribution in [0.2, 0.25) is 0 Å². The van der Waals surface area contributed by atoms with E-state index in [0.717, 1.165) is 22.0 Å². The molecular weight excluding hydrogens is 358 g/mol. The number of nitrogens with one attached hydrogen (secondary N) is 1. The molecule has 5 nitrogen and oxygen atoms in total. The van der Waals surface area contributed by atoms with E-state index in [2.05, 4.69) is 5.32 Å². The van der Waals surface area contributed by atoms with E-state index in [0.29, 0.717) is 5.69 Å². The fraction of sp³-hybridized carbons (Fsp3) is 0.0952. The van der Waals surface area contributed by atoms with Gasteiger partial charge in [0.1, 0.15) is 5.57 Å². The Morgan fingerprint density at radius 2 is 1.74 bits per heavy atom. The lowest BCUT2D eigenvalue weighted by atomic mass is 10.1. The number of amides is 2. The Kier molecular flexibility index (Phi) is 4.12. The van der Waals surface area contributed by atoms with E-state index < -0.39 is 11.8 Å². The van der Waals surface area contributed by atoms with Gasteiger partial charge in [-0.3, -0.25) is 19.8 Å². The number of anilines is 1. The number of hydrogen-bond donors (Lipinski definition) is 1. The molecule has 0 unspecified atom stereocenters. The van der Waals surface area contributed by atoms with E-state index in [1.165, 1.54) is 4.90 Å². The summed E-state index contributed by atoms with van der Waals surface area (Å²) in [5, 5.41) is 3.68. The van der Waals surface area contributed by atoms with Crippen molar-refractivity contribution in [1.29, 1.82) is 0 Å². The minimum Gasteiger partial charge on any atom is -0.350 e. The van der Waals surface area contributed by atoms with Gasteiger partial charge >= 0.3 is 0 Å². The molecule has 1 aliphatic heterocycles. The number of aromatic nitrogens is 1. The van der Waals surface area contributed by atoms with Crippen molar-refractivity contribution in [2.45, 2.75) is 6.92 Å². The first-order valence-electron chi connectivity index (χ1n) is 8.48. The zero-order valence-electron chi connectivity index (χ0n) is 14.9. The number of carbonyl (C=O) groups excluding carboxylic acids is 2. The zero-order chi connectivity index (χ0) is 19.1. The molecule has 0 atom stereocenters. The second-order valence-corrected chi connectivity index (χ2v) is 6.89. The van der Waals surface area contributed by atoms with Crippen LogP contribution in [0.5, 0.6) is 0 Å². The largest absolute Gasteiger partial charge is 0.350 e. The zero-order valence-corrected chi connectivity index (χ0v) is 15.7. The number of carbonyl (C=O) groups is 2. The van der Waals surface area contributed by atoms with Crippen LogP contribution in [0.15, 0.2) is 60.3 Å². The average molecular weight is 375 g/mol. The first kappa shape index (κ1) is 17.2. The number of fused-ring (bicyclic) bond motifs is 1. The summed E-state index contributed by atoms with van der Waals surface area (Å²) in [6, 6.07) is 15.3. The molecule has 2 heterocycles. The van der Waals surface area contributed by atoms with E-state index >= 15 is 0 Å². The summed E-state index contributed by atoms with van der Waals surface area (Å²) in [5.41, 5.74) is 3.59. The Morgan fingerprint density at radius 1 is 1.04 bits per heavy atom. The molecule has 134 valence electrons. The monoisotopic (exact) mass is 375 g/mol. The molecule has 6 heteroatoms. The van der Waals surface area contributed by atoms with Gasteiger partial charge in [0.15, 0.2) is 5.11 Å². The molecule has 1 saturated heterocycles. The lowest BCUT2D eigenvalue weighted by Gasteiger charge is -2.29. The molecule has 0 spiro atoms. The molecule has 0 bridgehead atoms. The van der Waals surface area contributed by atoms with Crippen LogP contribution in [-0.2, 0) is 16.6 Å². The molecular formula is C21H17N3O2S. The molecule has 4 rings (SSSR count). The Labute approximate surface area is 161 Å². The molecule has 0 saturated carbocycles. The maximum atomic E-state index is 13.1. The Balaban J connectivity index is 1.80. The van der Waals surface area contributed by atoms with Gasteiger partial charge < -0.3 is 4.57 Å². The summed E-state index contributed by atoms with van der Waals surface area (Å²) < 4.78 is 1.97. The predicted octanol–water partition coefficient (Wildman–Crippen LogP) is 3.32. The molecule has 0 aliphatic carbocycles. The minimum atomic E-state index is -0.485. The van der Waals surface area contributed by atoms with Crippen LogP contribution in [0.3, 0.4) is 0 Å². The van der Waals surface area contributed by atoms with Crippen LogP contribution in [-0.4, -0.2) is 21.5 Å². The van der Waals surface area contributed by atoms with Gasteiger partial charge in [0.25, 0.3) is 11.8 Å². The first-order valence-corrected chi connectivity index (χ1v) is 8.89. The number of nitrogens with zero attached hydrogens (tertiary/aromatic N) is 2. The smallest absolute Gasteiger partial charge is 0.270 e. The molecule has 2 amide bonds. The molecule has 27 heavy (non-hydrogen) atoms. The number of hydrogen-bond acceptors (Lipinski definition) is 3. The number of rotatable bonds is 2. The quantitative estimate of drug-likeness (QED) is 0.425. The van der Waals surface area contributed by atoms with E-state index in [1.807, 2.05) is 73.3 Å². The van der Waals surface area contributed by atoms with Crippen molar-refractivity contribution >= 4 is 51.8 Å². The van der Waals surface area contributed by atoms with Crippen molar-refractivity contribution < 1.29 is 9.59 Å². The van der Waals surface area contributed by atoms with Gasteiger partial charge in [-0.05, 0) is 43.4 Å². The molecule has 0 radical (unpaired) electrons. The Hall–Kier alpha value is -3.25.